The molecular weight excluding hydrogens is 342 g/mol. The summed E-state index contributed by atoms with van der Waals surface area (Å²) in [7, 11) is 0. The first-order valence-electron chi connectivity index (χ1n) is 9.04. The number of rotatable bonds is 5. The van der Waals surface area contributed by atoms with Gasteiger partial charge in [0.15, 0.2) is 0 Å². The smallest absolute Gasteiger partial charge is 0.439 e. The van der Waals surface area contributed by atoms with Crippen LogP contribution in [-0.2, 0) is 0 Å². The molecule has 0 bridgehead atoms. The highest BCUT2D eigenvalue weighted by Crippen LogP contribution is 2.20. The summed E-state index contributed by atoms with van der Waals surface area (Å²) >= 11 is 0. The summed E-state index contributed by atoms with van der Waals surface area (Å²) in [6.07, 6.45) is 10.9. The summed E-state index contributed by atoms with van der Waals surface area (Å²) in [4.78, 5) is 16.1. The molecule has 1 aliphatic carbocycles. The molecule has 1 aliphatic rings. The van der Waals surface area contributed by atoms with Crippen molar-refractivity contribution in [2.75, 3.05) is 6.61 Å². The van der Waals surface area contributed by atoms with Crippen LogP contribution in [0.1, 0.15) is 31.4 Å². The van der Waals surface area contributed by atoms with Crippen molar-refractivity contribution in [3.05, 3.63) is 71.8 Å². The number of carbonyl (C=O) groups excluding carboxylic acids is 1. The minimum Gasteiger partial charge on any atom is -0.478 e. The number of aryl methyl sites for hydroxylation is 1. The number of hydrogen-bond acceptors (Lipinski definition) is 4. The summed E-state index contributed by atoms with van der Waals surface area (Å²) in [6.45, 7) is 4.56. The van der Waals surface area contributed by atoms with E-state index >= 15 is 0 Å². The summed E-state index contributed by atoms with van der Waals surface area (Å²) in [6, 6.07) is 8.90. The van der Waals surface area contributed by atoms with Crippen LogP contribution in [0.4, 0.5) is 4.79 Å². The maximum Gasteiger partial charge on any atom is 0.439 e. The van der Waals surface area contributed by atoms with Crippen LogP contribution in [0.3, 0.4) is 0 Å². The van der Waals surface area contributed by atoms with E-state index in [9.17, 15) is 4.79 Å². The third-order valence-electron chi connectivity index (χ3n) is 3.93. The number of nitrogens with zero attached hydrogens (tertiary/aromatic N) is 3. The van der Waals surface area contributed by atoms with Crippen molar-refractivity contribution in [3.63, 3.8) is 0 Å². The van der Waals surface area contributed by atoms with Gasteiger partial charge in [-0.3, -0.25) is 0 Å². The van der Waals surface area contributed by atoms with E-state index < -0.39 is 6.09 Å². The van der Waals surface area contributed by atoms with Crippen molar-refractivity contribution < 1.29 is 14.3 Å². The minimum atomic E-state index is -0.697. The predicted molar refractivity (Wildman–Crippen MR) is 103 cm³/mol. The van der Waals surface area contributed by atoms with Crippen LogP contribution in [0.2, 0.25) is 0 Å². The van der Waals surface area contributed by atoms with E-state index in [4.69, 9.17) is 9.47 Å². The Bertz CT molecular complexity index is 899. The second kappa shape index (κ2) is 8.98. The Morgan fingerprint density at radius 2 is 2.00 bits per heavy atom. The number of allylic oxidation sites excluding steroid dienone is 4. The van der Waals surface area contributed by atoms with Gasteiger partial charge >= 0.3 is 6.09 Å². The minimum absolute atomic E-state index is 0.0147. The molecule has 1 amide bonds. The van der Waals surface area contributed by atoms with Crippen molar-refractivity contribution in [1.29, 1.82) is 0 Å². The molecule has 0 aliphatic heterocycles. The molecule has 0 N–H and O–H groups in total. The number of benzene rings is 1. The second-order valence-corrected chi connectivity index (χ2v) is 6.22. The molecule has 1 aromatic carbocycles. The van der Waals surface area contributed by atoms with E-state index in [-0.39, 0.29) is 6.04 Å². The van der Waals surface area contributed by atoms with E-state index in [1.165, 1.54) is 6.20 Å². The zero-order valence-corrected chi connectivity index (χ0v) is 15.5. The molecule has 0 saturated carbocycles. The van der Waals surface area contributed by atoms with Crippen molar-refractivity contribution in [1.82, 2.24) is 9.78 Å². The summed E-state index contributed by atoms with van der Waals surface area (Å²) in [5.74, 6) is 1.01. The van der Waals surface area contributed by atoms with Crippen molar-refractivity contribution in [2.45, 2.75) is 32.7 Å². The van der Waals surface area contributed by atoms with Gasteiger partial charge in [0.25, 0.3) is 0 Å². The van der Waals surface area contributed by atoms with Gasteiger partial charge in [-0.25, -0.2) is 9.48 Å². The topological polar surface area (TPSA) is 65.7 Å². The molecule has 6 nitrogen and oxygen atoms in total. The zero-order chi connectivity index (χ0) is 19.1. The van der Waals surface area contributed by atoms with Crippen LogP contribution in [0.5, 0.6) is 11.6 Å². The van der Waals surface area contributed by atoms with E-state index in [0.717, 1.165) is 18.4 Å². The molecule has 0 spiro atoms. The molecule has 1 aromatic heterocycles. The van der Waals surface area contributed by atoms with Gasteiger partial charge < -0.3 is 9.47 Å². The van der Waals surface area contributed by atoms with Gasteiger partial charge in [-0.2, -0.15) is 10.1 Å². The first kappa shape index (κ1) is 18.6. The first-order chi connectivity index (χ1) is 13.2. The van der Waals surface area contributed by atoms with Gasteiger partial charge in [0.05, 0.1) is 24.2 Å². The van der Waals surface area contributed by atoms with Gasteiger partial charge in [-0.1, -0.05) is 48.9 Å². The van der Waals surface area contributed by atoms with Crippen LogP contribution in [0.25, 0.3) is 0 Å². The summed E-state index contributed by atoms with van der Waals surface area (Å²) in [5.41, 5.74) is 1.09. The number of hydrogen-bond donors (Lipinski definition) is 0. The monoisotopic (exact) mass is 365 g/mol. The molecule has 0 atom stereocenters. The van der Waals surface area contributed by atoms with Gasteiger partial charge in [0.2, 0.25) is 5.88 Å². The van der Waals surface area contributed by atoms with Crippen LogP contribution < -0.4 is 14.8 Å². The van der Waals surface area contributed by atoms with Gasteiger partial charge in [-0.05, 0) is 31.9 Å². The summed E-state index contributed by atoms with van der Waals surface area (Å²) < 4.78 is 12.8. The molecule has 0 radical (unpaired) electrons. The van der Waals surface area contributed by atoms with Crippen molar-refractivity contribution in [3.8, 4) is 11.6 Å². The fourth-order valence-corrected chi connectivity index (χ4v) is 2.58. The third-order valence-corrected chi connectivity index (χ3v) is 3.93. The lowest BCUT2D eigenvalue weighted by Crippen LogP contribution is -2.19. The second-order valence-electron chi connectivity index (χ2n) is 6.22. The Morgan fingerprint density at radius 3 is 2.70 bits per heavy atom. The molecule has 0 unspecified atom stereocenters. The molecule has 2 aromatic rings. The Balaban J connectivity index is 1.83. The van der Waals surface area contributed by atoms with E-state index in [1.807, 2.05) is 26.0 Å². The average molecular weight is 365 g/mol. The van der Waals surface area contributed by atoms with Crippen molar-refractivity contribution >= 4 is 6.09 Å². The highest BCUT2D eigenvalue weighted by molar-refractivity contribution is 5.71. The van der Waals surface area contributed by atoms with E-state index in [2.05, 4.69) is 34.4 Å². The standard InChI is InChI=1S/C21H23N3O3/c1-3-13-26-20-14-17(15-22-24(20)18-7-5-4-6-8-18)23-21(25)27-19-11-9-16(2)10-12-19/h5-12,14-15,18H,3-4,13H2,1-2H3. The lowest BCUT2D eigenvalue weighted by molar-refractivity contribution is 0.210. The lowest BCUT2D eigenvalue weighted by atomic mass is 10.1. The maximum absolute atomic E-state index is 12.1. The van der Waals surface area contributed by atoms with Gasteiger partial charge in [0, 0.05) is 6.07 Å². The van der Waals surface area contributed by atoms with Crippen LogP contribution in [0, 0.1) is 6.92 Å². The largest absolute Gasteiger partial charge is 0.478 e. The van der Waals surface area contributed by atoms with E-state index in [0.29, 0.717) is 23.6 Å². The lowest BCUT2D eigenvalue weighted by Gasteiger charge is -2.18. The van der Waals surface area contributed by atoms with Gasteiger partial charge in [-0.15, -0.1) is 0 Å². The fraction of sp³-hybridized carbons (Fsp3) is 0.286. The molecule has 140 valence electrons. The number of aromatic nitrogens is 2. The Kier molecular flexibility index (Phi) is 6.20. The normalized spacial score (nSPS) is 14.4. The molecule has 0 saturated heterocycles. The Hall–Kier alpha value is -3.15. The maximum atomic E-state index is 12.1. The number of ether oxygens (including phenoxy) is 2. The van der Waals surface area contributed by atoms with Crippen LogP contribution in [0.15, 0.2) is 65.8 Å². The van der Waals surface area contributed by atoms with Gasteiger partial charge in [0.1, 0.15) is 5.75 Å². The SMILES string of the molecule is CCCOc1cc(=NC(=O)Oc2ccc(C)cc2)cnn1C1C=CCC=C1. The quantitative estimate of drug-likeness (QED) is 0.747. The predicted octanol–water partition coefficient (Wildman–Crippen LogP) is 4.14. The average Bonchev–Trinajstić information content (AvgIpc) is 2.69. The zero-order valence-electron chi connectivity index (χ0n) is 15.5. The van der Waals surface area contributed by atoms with Crippen LogP contribution >= 0.6 is 0 Å². The third kappa shape index (κ3) is 5.17. The number of carbonyl (C=O) groups is 1. The molecule has 27 heavy (non-hydrogen) atoms. The van der Waals surface area contributed by atoms with Crippen molar-refractivity contribution in [2.24, 2.45) is 4.99 Å². The van der Waals surface area contributed by atoms with Crippen LogP contribution in [-0.4, -0.2) is 22.5 Å². The molecule has 3 rings (SSSR count). The molecule has 0 fully saturated rings. The Morgan fingerprint density at radius 1 is 1.26 bits per heavy atom. The fourth-order valence-electron chi connectivity index (χ4n) is 2.58. The Labute approximate surface area is 158 Å². The first-order valence-corrected chi connectivity index (χ1v) is 9.04. The highest BCUT2D eigenvalue weighted by atomic mass is 16.5. The molecule has 1 heterocycles. The molecular formula is C21H23N3O3. The van der Waals surface area contributed by atoms with E-state index in [1.54, 1.807) is 22.9 Å². The number of amides is 1. The molecule has 6 heteroatoms. The highest BCUT2D eigenvalue weighted by Gasteiger charge is 2.12. The summed E-state index contributed by atoms with van der Waals surface area (Å²) in [5, 5.41) is 4.80.